The number of hydrogen-bond acceptors (Lipinski definition) is 3. The predicted octanol–water partition coefficient (Wildman–Crippen LogP) is 5.97. The third-order valence-electron chi connectivity index (χ3n) is 5.02. The van der Waals surface area contributed by atoms with Crippen molar-refractivity contribution in [2.45, 2.75) is 77.2 Å². The SMILES string of the molecule is Cc1ccc(SNC(=O)Cc2c(C(C)C)cc(F)cc2C(C)C)cc1C(C)(C)O. The molecule has 0 aliphatic carbocycles. The Hall–Kier alpha value is -1.85. The lowest BCUT2D eigenvalue weighted by atomic mass is 9.87. The van der Waals surface area contributed by atoms with Crippen molar-refractivity contribution in [2.75, 3.05) is 0 Å². The Morgan fingerprint density at radius 2 is 1.66 bits per heavy atom. The molecule has 0 unspecified atom stereocenters. The Bertz CT molecular complexity index is 856. The average molecular weight is 418 g/mol. The molecule has 0 bridgehead atoms. The summed E-state index contributed by atoms with van der Waals surface area (Å²) in [7, 11) is 0. The lowest BCUT2D eigenvalue weighted by molar-refractivity contribution is -0.118. The van der Waals surface area contributed by atoms with E-state index in [0.717, 1.165) is 32.7 Å². The number of amides is 1. The molecule has 5 heteroatoms. The maximum Gasteiger partial charge on any atom is 0.234 e. The number of rotatable bonds is 7. The summed E-state index contributed by atoms with van der Waals surface area (Å²) in [5, 5.41) is 10.3. The fourth-order valence-electron chi connectivity index (χ4n) is 3.55. The Kier molecular flexibility index (Phi) is 7.52. The first-order valence-corrected chi connectivity index (χ1v) is 10.8. The summed E-state index contributed by atoms with van der Waals surface area (Å²) < 4.78 is 17.0. The van der Waals surface area contributed by atoms with Crippen molar-refractivity contribution in [3.8, 4) is 0 Å². The van der Waals surface area contributed by atoms with Gasteiger partial charge < -0.3 is 5.11 Å². The second kappa shape index (κ2) is 9.31. The molecule has 1 amide bonds. The second-order valence-corrected chi connectivity index (χ2v) is 9.59. The molecule has 2 N–H and O–H groups in total. The van der Waals surface area contributed by atoms with Crippen LogP contribution in [0.3, 0.4) is 0 Å². The summed E-state index contributed by atoms with van der Waals surface area (Å²) in [6, 6.07) is 8.85. The van der Waals surface area contributed by atoms with Crippen LogP contribution in [0.2, 0.25) is 0 Å². The van der Waals surface area contributed by atoms with E-state index in [1.807, 2.05) is 52.8 Å². The Morgan fingerprint density at radius 3 is 2.14 bits per heavy atom. The lowest BCUT2D eigenvalue weighted by Gasteiger charge is -2.21. The van der Waals surface area contributed by atoms with Gasteiger partial charge in [0.15, 0.2) is 0 Å². The third-order valence-corrected chi connectivity index (χ3v) is 5.84. The van der Waals surface area contributed by atoms with Crippen LogP contribution in [0.5, 0.6) is 0 Å². The van der Waals surface area contributed by atoms with Crippen molar-refractivity contribution in [2.24, 2.45) is 0 Å². The zero-order chi connectivity index (χ0) is 21.9. The van der Waals surface area contributed by atoms with E-state index in [4.69, 9.17) is 0 Å². The molecule has 2 rings (SSSR count). The molecule has 29 heavy (non-hydrogen) atoms. The van der Waals surface area contributed by atoms with E-state index in [-0.39, 0.29) is 30.0 Å². The first-order valence-electron chi connectivity index (χ1n) is 10.0. The van der Waals surface area contributed by atoms with Crippen molar-refractivity contribution in [1.82, 2.24) is 4.72 Å². The van der Waals surface area contributed by atoms with E-state index in [2.05, 4.69) is 4.72 Å². The van der Waals surface area contributed by atoms with Gasteiger partial charge in [0.05, 0.1) is 12.0 Å². The monoisotopic (exact) mass is 417 g/mol. The number of hydrogen-bond donors (Lipinski definition) is 2. The molecule has 158 valence electrons. The number of halogens is 1. The maximum absolute atomic E-state index is 14.1. The van der Waals surface area contributed by atoms with Gasteiger partial charge in [0.1, 0.15) is 5.82 Å². The highest BCUT2D eigenvalue weighted by atomic mass is 32.2. The molecule has 0 aliphatic rings. The second-order valence-electron chi connectivity index (χ2n) is 8.71. The van der Waals surface area contributed by atoms with Crippen molar-refractivity contribution in [3.05, 3.63) is 64.0 Å². The van der Waals surface area contributed by atoms with Crippen LogP contribution in [0.1, 0.15) is 81.2 Å². The normalized spacial score (nSPS) is 12.0. The van der Waals surface area contributed by atoms with Gasteiger partial charge in [0.2, 0.25) is 5.91 Å². The molecular formula is C24H32FNO2S. The summed E-state index contributed by atoms with van der Waals surface area (Å²) >= 11 is 1.23. The average Bonchev–Trinajstić information content (AvgIpc) is 2.60. The Morgan fingerprint density at radius 1 is 1.10 bits per heavy atom. The van der Waals surface area contributed by atoms with Crippen LogP contribution in [0.25, 0.3) is 0 Å². The summed E-state index contributed by atoms with van der Waals surface area (Å²) in [6.45, 7) is 13.5. The maximum atomic E-state index is 14.1. The van der Waals surface area contributed by atoms with Gasteiger partial charge in [0.25, 0.3) is 0 Å². The van der Waals surface area contributed by atoms with Crippen LogP contribution in [0.4, 0.5) is 4.39 Å². The van der Waals surface area contributed by atoms with E-state index in [1.54, 1.807) is 26.0 Å². The number of aliphatic hydroxyl groups is 1. The van der Waals surface area contributed by atoms with E-state index in [0.29, 0.717) is 0 Å². The third kappa shape index (κ3) is 6.06. The summed E-state index contributed by atoms with van der Waals surface area (Å²) in [5.41, 5.74) is 3.57. The van der Waals surface area contributed by atoms with Gasteiger partial charge in [-0.25, -0.2) is 4.39 Å². The molecule has 0 atom stereocenters. The molecule has 0 spiro atoms. The number of carbonyl (C=O) groups excluding carboxylic acids is 1. The van der Waals surface area contributed by atoms with Crippen LogP contribution in [-0.2, 0) is 16.8 Å². The molecule has 0 aliphatic heterocycles. The summed E-state index contributed by atoms with van der Waals surface area (Å²) in [6.07, 6.45) is 0.207. The van der Waals surface area contributed by atoms with Gasteiger partial charge in [-0.3, -0.25) is 9.52 Å². The topological polar surface area (TPSA) is 49.3 Å². The number of carbonyl (C=O) groups is 1. The van der Waals surface area contributed by atoms with Crippen molar-refractivity contribution >= 4 is 17.9 Å². The van der Waals surface area contributed by atoms with Crippen LogP contribution >= 0.6 is 11.9 Å². The minimum absolute atomic E-state index is 0.129. The van der Waals surface area contributed by atoms with Gasteiger partial charge in [-0.05, 0) is 96.6 Å². The molecule has 0 fully saturated rings. The van der Waals surface area contributed by atoms with Crippen molar-refractivity contribution in [1.29, 1.82) is 0 Å². The van der Waals surface area contributed by atoms with Crippen molar-refractivity contribution in [3.63, 3.8) is 0 Å². The first-order chi connectivity index (χ1) is 13.4. The Balaban J connectivity index is 2.20. The Labute approximate surface area is 178 Å². The van der Waals surface area contributed by atoms with Crippen LogP contribution in [0, 0.1) is 12.7 Å². The largest absolute Gasteiger partial charge is 0.386 e. The van der Waals surface area contributed by atoms with Gasteiger partial charge in [-0.15, -0.1) is 0 Å². The zero-order valence-corrected chi connectivity index (χ0v) is 19.2. The van der Waals surface area contributed by atoms with Crippen molar-refractivity contribution < 1.29 is 14.3 Å². The molecule has 0 saturated carbocycles. The smallest absolute Gasteiger partial charge is 0.234 e. The van der Waals surface area contributed by atoms with Gasteiger partial charge >= 0.3 is 0 Å². The highest BCUT2D eigenvalue weighted by molar-refractivity contribution is 7.98. The van der Waals surface area contributed by atoms with Crippen LogP contribution in [-0.4, -0.2) is 11.0 Å². The van der Waals surface area contributed by atoms with Gasteiger partial charge in [-0.1, -0.05) is 33.8 Å². The fourth-order valence-corrected chi connectivity index (χ4v) is 4.17. The standard InChI is InChI=1S/C24H32FNO2S/c1-14(2)19-10-17(25)11-20(15(3)4)21(19)13-23(27)26-29-18-9-8-16(5)22(12-18)24(6,7)28/h8-12,14-15,28H,13H2,1-7H3,(H,26,27). The molecule has 0 heterocycles. The predicted molar refractivity (Wildman–Crippen MR) is 119 cm³/mol. The summed E-state index contributed by atoms with van der Waals surface area (Å²) in [4.78, 5) is 13.5. The molecule has 2 aromatic carbocycles. The highest BCUT2D eigenvalue weighted by Crippen LogP contribution is 2.31. The number of benzene rings is 2. The van der Waals surface area contributed by atoms with E-state index < -0.39 is 5.60 Å². The minimum Gasteiger partial charge on any atom is -0.386 e. The van der Waals surface area contributed by atoms with E-state index in [9.17, 15) is 14.3 Å². The highest BCUT2D eigenvalue weighted by Gasteiger charge is 2.20. The van der Waals surface area contributed by atoms with Crippen LogP contribution in [0.15, 0.2) is 35.2 Å². The minimum atomic E-state index is -0.947. The van der Waals surface area contributed by atoms with Gasteiger partial charge in [-0.2, -0.15) is 0 Å². The van der Waals surface area contributed by atoms with E-state index in [1.165, 1.54) is 11.9 Å². The summed E-state index contributed by atoms with van der Waals surface area (Å²) in [5.74, 6) is -0.124. The van der Waals surface area contributed by atoms with E-state index >= 15 is 0 Å². The molecule has 0 radical (unpaired) electrons. The quantitative estimate of drug-likeness (QED) is 0.545. The fraction of sp³-hybridized carbons (Fsp3) is 0.458. The zero-order valence-electron chi connectivity index (χ0n) is 18.4. The lowest BCUT2D eigenvalue weighted by Crippen LogP contribution is -2.21. The molecular weight excluding hydrogens is 385 g/mol. The number of nitrogens with one attached hydrogen (secondary N) is 1. The molecule has 2 aromatic rings. The van der Waals surface area contributed by atoms with Crippen LogP contribution < -0.4 is 4.72 Å². The molecule has 3 nitrogen and oxygen atoms in total. The van der Waals surface area contributed by atoms with Gasteiger partial charge in [0, 0.05) is 4.90 Å². The molecule has 0 aromatic heterocycles. The number of aryl methyl sites for hydroxylation is 1. The first kappa shape index (κ1) is 23.4. The molecule has 0 saturated heterocycles.